The van der Waals surface area contributed by atoms with Gasteiger partial charge in [0.2, 0.25) is 0 Å². The Bertz CT molecular complexity index is 541. The van der Waals surface area contributed by atoms with Gasteiger partial charge >= 0.3 is 0 Å². The Hall–Kier alpha value is -1.59. The van der Waals surface area contributed by atoms with Gasteiger partial charge in [0.15, 0.2) is 5.17 Å². The molecule has 0 aliphatic carbocycles. The lowest BCUT2D eigenvalue weighted by Crippen LogP contribution is -2.10. The summed E-state index contributed by atoms with van der Waals surface area (Å²) in [6.07, 6.45) is 1.62. The van der Waals surface area contributed by atoms with E-state index < -0.39 is 0 Å². The first-order valence-electron chi connectivity index (χ1n) is 6.07. The van der Waals surface area contributed by atoms with Gasteiger partial charge in [0.25, 0.3) is 0 Å². The monoisotopic (exact) mass is 310 g/mol. The van der Waals surface area contributed by atoms with Crippen molar-refractivity contribution in [3.8, 4) is 5.75 Å². The van der Waals surface area contributed by atoms with E-state index >= 15 is 0 Å². The SMILES string of the molecule is NC(=NCc1ccco1)SCCOc1ccc(Cl)cc1. The van der Waals surface area contributed by atoms with E-state index in [0.717, 1.165) is 17.3 Å². The average Bonchev–Trinajstić information content (AvgIpc) is 2.96. The van der Waals surface area contributed by atoms with Crippen molar-refractivity contribution >= 4 is 28.5 Å². The molecule has 20 heavy (non-hydrogen) atoms. The van der Waals surface area contributed by atoms with E-state index in [0.29, 0.717) is 23.3 Å². The molecule has 1 aromatic carbocycles. The van der Waals surface area contributed by atoms with Crippen LogP contribution in [-0.2, 0) is 6.54 Å². The summed E-state index contributed by atoms with van der Waals surface area (Å²) in [7, 11) is 0. The third kappa shape index (κ3) is 5.19. The number of ether oxygens (including phenoxy) is 1. The van der Waals surface area contributed by atoms with E-state index in [2.05, 4.69) is 4.99 Å². The Morgan fingerprint density at radius 2 is 2.10 bits per heavy atom. The minimum Gasteiger partial charge on any atom is -0.493 e. The second-order valence-electron chi connectivity index (χ2n) is 3.88. The zero-order chi connectivity index (χ0) is 14.2. The van der Waals surface area contributed by atoms with Crippen LogP contribution in [0.4, 0.5) is 0 Å². The highest BCUT2D eigenvalue weighted by Crippen LogP contribution is 2.15. The number of furan rings is 1. The van der Waals surface area contributed by atoms with Gasteiger partial charge in [-0.05, 0) is 36.4 Å². The van der Waals surface area contributed by atoms with Gasteiger partial charge in [-0.1, -0.05) is 23.4 Å². The first kappa shape index (κ1) is 14.8. The summed E-state index contributed by atoms with van der Waals surface area (Å²) >= 11 is 7.25. The van der Waals surface area contributed by atoms with Crippen molar-refractivity contribution in [2.45, 2.75) is 6.54 Å². The predicted molar refractivity (Wildman–Crippen MR) is 83.4 cm³/mol. The van der Waals surface area contributed by atoms with E-state index in [-0.39, 0.29) is 0 Å². The van der Waals surface area contributed by atoms with Gasteiger partial charge in [0.05, 0.1) is 19.4 Å². The fraction of sp³-hybridized carbons (Fsp3) is 0.214. The quantitative estimate of drug-likeness (QED) is 0.503. The van der Waals surface area contributed by atoms with Crippen LogP contribution in [0.2, 0.25) is 5.02 Å². The molecule has 0 aliphatic rings. The van der Waals surface area contributed by atoms with Gasteiger partial charge in [0, 0.05) is 10.8 Å². The van der Waals surface area contributed by atoms with Crippen molar-refractivity contribution in [1.29, 1.82) is 0 Å². The molecular weight excluding hydrogens is 296 g/mol. The lowest BCUT2D eigenvalue weighted by atomic mass is 10.3. The molecule has 0 bridgehead atoms. The van der Waals surface area contributed by atoms with Crippen LogP contribution < -0.4 is 10.5 Å². The molecule has 2 rings (SSSR count). The molecule has 6 heteroatoms. The number of thioether (sulfide) groups is 1. The van der Waals surface area contributed by atoms with E-state index in [1.54, 1.807) is 18.4 Å². The predicted octanol–water partition coefficient (Wildman–Crippen LogP) is 3.56. The minimum atomic E-state index is 0.462. The van der Waals surface area contributed by atoms with Crippen molar-refractivity contribution in [1.82, 2.24) is 0 Å². The summed E-state index contributed by atoms with van der Waals surface area (Å²) in [5.74, 6) is 2.32. The zero-order valence-electron chi connectivity index (χ0n) is 10.8. The number of halogens is 1. The normalized spacial score (nSPS) is 11.6. The Morgan fingerprint density at radius 3 is 2.80 bits per heavy atom. The Morgan fingerprint density at radius 1 is 1.30 bits per heavy atom. The van der Waals surface area contributed by atoms with Gasteiger partial charge in [-0.2, -0.15) is 0 Å². The van der Waals surface area contributed by atoms with Crippen LogP contribution in [0.15, 0.2) is 52.1 Å². The maximum atomic E-state index is 5.79. The smallest absolute Gasteiger partial charge is 0.154 e. The lowest BCUT2D eigenvalue weighted by molar-refractivity contribution is 0.344. The van der Waals surface area contributed by atoms with Gasteiger partial charge in [0.1, 0.15) is 11.5 Å². The third-order valence-electron chi connectivity index (χ3n) is 2.39. The molecule has 4 nitrogen and oxygen atoms in total. The number of aliphatic imine (C=N–C) groups is 1. The molecule has 2 N–H and O–H groups in total. The molecule has 1 heterocycles. The van der Waals surface area contributed by atoms with Gasteiger partial charge in [-0.15, -0.1) is 0 Å². The van der Waals surface area contributed by atoms with Gasteiger partial charge in [-0.25, -0.2) is 0 Å². The number of rotatable bonds is 6. The first-order chi connectivity index (χ1) is 9.74. The van der Waals surface area contributed by atoms with E-state index in [1.165, 1.54) is 11.8 Å². The fourth-order valence-electron chi connectivity index (χ4n) is 1.44. The number of nitrogens with two attached hydrogens (primary N) is 1. The van der Waals surface area contributed by atoms with Crippen LogP contribution in [-0.4, -0.2) is 17.5 Å². The molecule has 0 saturated carbocycles. The number of hydrogen-bond acceptors (Lipinski definition) is 4. The Kier molecular flexibility index (Phi) is 5.83. The summed E-state index contributed by atoms with van der Waals surface area (Å²) in [6, 6.07) is 11.0. The zero-order valence-corrected chi connectivity index (χ0v) is 12.4. The highest BCUT2D eigenvalue weighted by Gasteiger charge is 1.98. The largest absolute Gasteiger partial charge is 0.493 e. The van der Waals surface area contributed by atoms with Crippen LogP contribution in [0.1, 0.15) is 5.76 Å². The molecule has 0 unspecified atom stereocenters. The first-order valence-corrected chi connectivity index (χ1v) is 7.44. The van der Waals surface area contributed by atoms with Crippen molar-refractivity contribution in [3.05, 3.63) is 53.4 Å². The summed E-state index contributed by atoms with van der Waals surface area (Å²) in [5.41, 5.74) is 5.79. The summed E-state index contributed by atoms with van der Waals surface area (Å²) < 4.78 is 10.7. The van der Waals surface area contributed by atoms with Crippen molar-refractivity contribution in [2.24, 2.45) is 10.7 Å². The van der Waals surface area contributed by atoms with Crippen LogP contribution in [0.5, 0.6) is 5.75 Å². The fourth-order valence-corrected chi connectivity index (χ4v) is 2.10. The van der Waals surface area contributed by atoms with Crippen LogP contribution >= 0.6 is 23.4 Å². The van der Waals surface area contributed by atoms with Crippen LogP contribution in [0, 0.1) is 0 Å². The van der Waals surface area contributed by atoms with Gasteiger partial charge in [-0.3, -0.25) is 4.99 Å². The molecule has 1 aromatic heterocycles. The standard InChI is InChI=1S/C14H15ClN2O2S/c15-11-3-5-12(6-4-11)19-8-9-20-14(16)17-10-13-2-1-7-18-13/h1-7H,8-10H2,(H2,16,17). The molecule has 0 atom stereocenters. The summed E-state index contributed by atoms with van der Waals surface area (Å²) in [5, 5.41) is 1.22. The van der Waals surface area contributed by atoms with E-state index in [4.69, 9.17) is 26.5 Å². The summed E-state index contributed by atoms with van der Waals surface area (Å²) in [4.78, 5) is 4.21. The van der Waals surface area contributed by atoms with Crippen molar-refractivity contribution < 1.29 is 9.15 Å². The molecule has 0 saturated heterocycles. The van der Waals surface area contributed by atoms with Crippen LogP contribution in [0.25, 0.3) is 0 Å². The molecular formula is C14H15ClN2O2S. The number of benzene rings is 1. The molecule has 2 aromatic rings. The highest BCUT2D eigenvalue weighted by atomic mass is 35.5. The van der Waals surface area contributed by atoms with Crippen molar-refractivity contribution in [2.75, 3.05) is 12.4 Å². The minimum absolute atomic E-state index is 0.462. The van der Waals surface area contributed by atoms with Crippen molar-refractivity contribution in [3.63, 3.8) is 0 Å². The summed E-state index contributed by atoms with van der Waals surface area (Å²) in [6.45, 7) is 1.02. The molecule has 106 valence electrons. The lowest BCUT2D eigenvalue weighted by Gasteiger charge is -2.05. The Balaban J connectivity index is 1.65. The maximum Gasteiger partial charge on any atom is 0.154 e. The third-order valence-corrected chi connectivity index (χ3v) is 3.43. The molecule has 0 spiro atoms. The number of hydrogen-bond donors (Lipinski definition) is 1. The number of nitrogens with zero attached hydrogens (tertiary/aromatic N) is 1. The second-order valence-corrected chi connectivity index (χ2v) is 5.44. The molecule has 0 aliphatic heterocycles. The average molecular weight is 311 g/mol. The number of amidine groups is 1. The highest BCUT2D eigenvalue weighted by molar-refractivity contribution is 8.13. The van der Waals surface area contributed by atoms with E-state index in [1.807, 2.05) is 24.3 Å². The Labute approximate surface area is 127 Å². The topological polar surface area (TPSA) is 60.8 Å². The molecule has 0 fully saturated rings. The molecule has 0 radical (unpaired) electrons. The van der Waals surface area contributed by atoms with E-state index in [9.17, 15) is 0 Å². The second kappa shape index (κ2) is 7.87. The van der Waals surface area contributed by atoms with Crippen LogP contribution in [0.3, 0.4) is 0 Å². The molecule has 0 amide bonds. The van der Waals surface area contributed by atoms with Gasteiger partial charge < -0.3 is 14.9 Å². The maximum absolute atomic E-state index is 5.79.